The molecule has 0 amide bonds. The monoisotopic (exact) mass is 301 g/mol. The second-order valence-corrected chi connectivity index (χ2v) is 5.82. The van der Waals surface area contributed by atoms with Crippen LogP contribution in [0.5, 0.6) is 11.5 Å². The Bertz CT molecular complexity index is 611. The molecule has 0 unspecified atom stereocenters. The molecule has 1 atom stereocenters. The minimum Gasteiger partial charge on any atom is -0.486 e. The van der Waals surface area contributed by atoms with Gasteiger partial charge in [-0.25, -0.2) is 4.98 Å². The van der Waals surface area contributed by atoms with Crippen LogP contribution >= 0.6 is 0 Å². The zero-order chi connectivity index (χ0) is 15.4. The number of hydrogen-bond acceptors (Lipinski definition) is 4. The van der Waals surface area contributed by atoms with Gasteiger partial charge in [0.2, 0.25) is 0 Å². The molecule has 0 fully saturated rings. The highest BCUT2D eigenvalue weighted by Crippen LogP contribution is 2.30. The Kier molecular flexibility index (Phi) is 4.63. The van der Waals surface area contributed by atoms with Crippen molar-refractivity contribution in [2.45, 2.75) is 18.9 Å². The molecule has 0 N–H and O–H groups in total. The van der Waals surface area contributed by atoms with Gasteiger partial charge in [0.05, 0.1) is 0 Å². The fourth-order valence-electron chi connectivity index (χ4n) is 2.74. The first-order valence-corrected chi connectivity index (χ1v) is 7.75. The summed E-state index contributed by atoms with van der Waals surface area (Å²) < 4.78 is 13.8. The van der Waals surface area contributed by atoms with Crippen molar-refractivity contribution in [1.82, 2.24) is 14.5 Å². The van der Waals surface area contributed by atoms with Gasteiger partial charge in [-0.1, -0.05) is 12.1 Å². The normalized spacial score (nSPS) is 17.0. The standard InChI is InChI=1S/C17H23N3O2/c1-19(10-5-8-17-18-9-11-20(17)2)12-14-13-21-15-6-3-4-7-16(15)22-14/h3-4,6-7,9,11,14H,5,8,10,12-13H2,1-2H3/t14-/m1/s1. The van der Waals surface area contributed by atoms with E-state index >= 15 is 0 Å². The predicted octanol–water partition coefficient (Wildman–Crippen LogP) is 2.12. The van der Waals surface area contributed by atoms with Gasteiger partial charge in [0.1, 0.15) is 18.5 Å². The summed E-state index contributed by atoms with van der Waals surface area (Å²) in [5, 5.41) is 0. The first kappa shape index (κ1) is 14.9. The van der Waals surface area contributed by atoms with Gasteiger partial charge in [-0.15, -0.1) is 0 Å². The van der Waals surface area contributed by atoms with Crippen molar-refractivity contribution in [3.8, 4) is 11.5 Å². The first-order chi connectivity index (χ1) is 10.7. The number of hydrogen-bond donors (Lipinski definition) is 0. The number of likely N-dealkylation sites (N-methyl/N-ethyl adjacent to an activating group) is 1. The number of para-hydroxylation sites is 2. The Morgan fingerprint density at radius 3 is 2.91 bits per heavy atom. The molecule has 5 nitrogen and oxygen atoms in total. The summed E-state index contributed by atoms with van der Waals surface area (Å²) in [4.78, 5) is 6.65. The molecule has 2 aromatic rings. The highest BCUT2D eigenvalue weighted by molar-refractivity contribution is 5.40. The Morgan fingerprint density at radius 1 is 1.32 bits per heavy atom. The van der Waals surface area contributed by atoms with Crippen molar-refractivity contribution in [3.63, 3.8) is 0 Å². The zero-order valence-corrected chi connectivity index (χ0v) is 13.2. The lowest BCUT2D eigenvalue weighted by atomic mass is 10.2. The molecule has 118 valence electrons. The molecule has 0 aliphatic carbocycles. The van der Waals surface area contributed by atoms with Crippen molar-refractivity contribution in [2.75, 3.05) is 26.7 Å². The summed E-state index contributed by atoms with van der Waals surface area (Å²) >= 11 is 0. The SMILES string of the molecule is CN(CCCc1nccn1C)C[C@@H]1COc2ccccc2O1. The van der Waals surface area contributed by atoms with E-state index in [0.29, 0.717) is 6.61 Å². The van der Waals surface area contributed by atoms with Crippen molar-refractivity contribution in [3.05, 3.63) is 42.5 Å². The maximum atomic E-state index is 5.99. The molecule has 0 bridgehead atoms. The summed E-state index contributed by atoms with van der Waals surface area (Å²) in [6, 6.07) is 7.85. The topological polar surface area (TPSA) is 39.5 Å². The van der Waals surface area contributed by atoms with Crippen molar-refractivity contribution in [1.29, 1.82) is 0 Å². The van der Waals surface area contributed by atoms with Gasteiger partial charge in [0.25, 0.3) is 0 Å². The number of aryl methyl sites for hydroxylation is 2. The average Bonchev–Trinajstić information content (AvgIpc) is 2.92. The van der Waals surface area contributed by atoms with Gasteiger partial charge in [-0.3, -0.25) is 0 Å². The predicted molar refractivity (Wildman–Crippen MR) is 85.4 cm³/mol. The van der Waals surface area contributed by atoms with Crippen LogP contribution in [0.1, 0.15) is 12.2 Å². The fraction of sp³-hybridized carbons (Fsp3) is 0.471. The van der Waals surface area contributed by atoms with Gasteiger partial charge in [-0.05, 0) is 32.1 Å². The van der Waals surface area contributed by atoms with Crippen molar-refractivity contribution < 1.29 is 9.47 Å². The number of benzene rings is 1. The summed E-state index contributed by atoms with van der Waals surface area (Å²) in [6.45, 7) is 2.50. The molecule has 22 heavy (non-hydrogen) atoms. The summed E-state index contributed by atoms with van der Waals surface area (Å²) in [5.74, 6) is 2.83. The second-order valence-electron chi connectivity index (χ2n) is 5.82. The van der Waals surface area contributed by atoms with E-state index in [-0.39, 0.29) is 6.10 Å². The molecule has 1 aliphatic heterocycles. The quantitative estimate of drug-likeness (QED) is 0.819. The Balaban J connectivity index is 1.43. The van der Waals surface area contributed by atoms with E-state index in [1.54, 1.807) is 0 Å². The van der Waals surface area contributed by atoms with Gasteiger partial charge in [0, 0.05) is 32.4 Å². The van der Waals surface area contributed by atoms with Crippen LogP contribution in [0.4, 0.5) is 0 Å². The summed E-state index contributed by atoms with van der Waals surface area (Å²) in [7, 11) is 4.17. The Labute approximate surface area is 131 Å². The van der Waals surface area contributed by atoms with Crippen LogP contribution in [0.25, 0.3) is 0 Å². The molecular weight excluding hydrogens is 278 g/mol. The number of fused-ring (bicyclic) bond motifs is 1. The molecule has 0 spiro atoms. The zero-order valence-electron chi connectivity index (χ0n) is 13.2. The molecule has 1 aliphatic rings. The van der Waals surface area contributed by atoms with Gasteiger partial charge < -0.3 is 18.9 Å². The lowest BCUT2D eigenvalue weighted by molar-refractivity contribution is 0.0652. The molecule has 5 heteroatoms. The van der Waals surface area contributed by atoms with E-state index in [1.807, 2.05) is 43.7 Å². The summed E-state index contributed by atoms with van der Waals surface area (Å²) in [6.07, 6.45) is 6.02. The van der Waals surface area contributed by atoms with Gasteiger partial charge >= 0.3 is 0 Å². The molecule has 0 saturated carbocycles. The van der Waals surface area contributed by atoms with Crippen LogP contribution < -0.4 is 9.47 Å². The molecule has 0 saturated heterocycles. The highest BCUT2D eigenvalue weighted by Gasteiger charge is 2.21. The van der Waals surface area contributed by atoms with E-state index in [4.69, 9.17) is 9.47 Å². The van der Waals surface area contributed by atoms with Crippen LogP contribution in [-0.4, -0.2) is 47.3 Å². The first-order valence-electron chi connectivity index (χ1n) is 7.75. The van der Waals surface area contributed by atoms with Crippen molar-refractivity contribution in [2.24, 2.45) is 7.05 Å². The van der Waals surface area contributed by atoms with Crippen molar-refractivity contribution >= 4 is 0 Å². The number of ether oxygens (including phenoxy) is 2. The lowest BCUT2D eigenvalue weighted by Gasteiger charge is -2.29. The van der Waals surface area contributed by atoms with Crippen LogP contribution in [-0.2, 0) is 13.5 Å². The third-order valence-electron chi connectivity index (χ3n) is 3.94. The van der Waals surface area contributed by atoms with E-state index in [0.717, 1.165) is 43.3 Å². The lowest BCUT2D eigenvalue weighted by Crippen LogP contribution is -2.39. The third kappa shape index (κ3) is 3.60. The molecule has 1 aromatic heterocycles. The minimum atomic E-state index is 0.0908. The molecular formula is C17H23N3O2. The number of imidazole rings is 1. The summed E-state index contributed by atoms with van der Waals surface area (Å²) in [5.41, 5.74) is 0. The minimum absolute atomic E-state index is 0.0908. The van der Waals surface area contributed by atoms with Crippen LogP contribution in [0.3, 0.4) is 0 Å². The number of nitrogens with zero attached hydrogens (tertiary/aromatic N) is 3. The van der Waals surface area contributed by atoms with E-state index in [2.05, 4.69) is 21.5 Å². The van der Waals surface area contributed by atoms with Crippen LogP contribution in [0.15, 0.2) is 36.7 Å². The van der Waals surface area contributed by atoms with E-state index in [9.17, 15) is 0 Å². The Hall–Kier alpha value is -2.01. The largest absolute Gasteiger partial charge is 0.486 e. The highest BCUT2D eigenvalue weighted by atomic mass is 16.6. The average molecular weight is 301 g/mol. The third-order valence-corrected chi connectivity index (χ3v) is 3.94. The molecule has 1 aromatic carbocycles. The fourth-order valence-corrected chi connectivity index (χ4v) is 2.74. The maximum absolute atomic E-state index is 5.99. The van der Waals surface area contributed by atoms with Crippen LogP contribution in [0, 0.1) is 0 Å². The second kappa shape index (κ2) is 6.83. The molecule has 0 radical (unpaired) electrons. The Morgan fingerprint density at radius 2 is 2.14 bits per heavy atom. The maximum Gasteiger partial charge on any atom is 0.161 e. The van der Waals surface area contributed by atoms with Gasteiger partial charge in [0.15, 0.2) is 11.5 Å². The van der Waals surface area contributed by atoms with E-state index < -0.39 is 0 Å². The molecule has 2 heterocycles. The smallest absolute Gasteiger partial charge is 0.161 e. The number of rotatable bonds is 6. The van der Waals surface area contributed by atoms with Gasteiger partial charge in [-0.2, -0.15) is 0 Å². The van der Waals surface area contributed by atoms with E-state index in [1.165, 1.54) is 0 Å². The number of aromatic nitrogens is 2. The molecule has 3 rings (SSSR count). The van der Waals surface area contributed by atoms with Crippen LogP contribution in [0.2, 0.25) is 0 Å².